The van der Waals surface area contributed by atoms with E-state index >= 15 is 0 Å². The molecule has 56 valence electrons. The Kier molecular flexibility index (Phi) is 2.29. The molecule has 2 atom stereocenters. The molecule has 0 spiro atoms. The van der Waals surface area contributed by atoms with Crippen LogP contribution in [0, 0.1) is 11.8 Å². The minimum absolute atomic E-state index is 0.134. The number of allylic oxidation sites excluding steroid dienone is 4. The van der Waals surface area contributed by atoms with Crippen LogP contribution in [-0.4, -0.2) is 0 Å². The van der Waals surface area contributed by atoms with E-state index in [-0.39, 0.29) is 11.7 Å². The molecule has 2 heteroatoms. The molecule has 0 amide bonds. The van der Waals surface area contributed by atoms with E-state index in [0.29, 0.717) is 10.4 Å². The predicted octanol–water partition coefficient (Wildman–Crippen LogP) is 3.40. The highest BCUT2D eigenvalue weighted by Crippen LogP contribution is 2.33. The fourth-order valence-electron chi connectivity index (χ4n) is 0.931. The first-order valence-corrected chi connectivity index (χ1v) is 4.15. The average molecular weight is 205 g/mol. The summed E-state index contributed by atoms with van der Waals surface area (Å²) in [6.45, 7) is 4.09. The summed E-state index contributed by atoms with van der Waals surface area (Å²) in [6.07, 6.45) is 3.42. The fraction of sp³-hybridized carbons (Fsp3) is 0.500. The Morgan fingerprint density at radius 3 is 2.60 bits per heavy atom. The molecule has 0 aromatic carbocycles. The van der Waals surface area contributed by atoms with E-state index in [1.807, 2.05) is 13.0 Å². The van der Waals surface area contributed by atoms with E-state index < -0.39 is 0 Å². The lowest BCUT2D eigenvalue weighted by atomic mass is 9.91. The smallest absolute Gasteiger partial charge is 0.133 e. The maximum absolute atomic E-state index is 12.7. The Morgan fingerprint density at radius 1 is 1.50 bits per heavy atom. The van der Waals surface area contributed by atoms with E-state index in [9.17, 15) is 4.39 Å². The molecular weight excluding hydrogens is 195 g/mol. The Labute approximate surface area is 68.9 Å². The van der Waals surface area contributed by atoms with Gasteiger partial charge in [0.1, 0.15) is 5.83 Å². The van der Waals surface area contributed by atoms with Crippen molar-refractivity contribution < 1.29 is 4.39 Å². The SMILES string of the molecule is CC1C=CC(F)=C(Br)C1C. The zero-order valence-electron chi connectivity index (χ0n) is 6.07. The monoisotopic (exact) mass is 204 g/mol. The second kappa shape index (κ2) is 2.87. The molecule has 0 bridgehead atoms. The molecule has 0 saturated heterocycles. The van der Waals surface area contributed by atoms with E-state index in [4.69, 9.17) is 0 Å². The van der Waals surface area contributed by atoms with Gasteiger partial charge in [-0.3, -0.25) is 0 Å². The molecule has 1 rings (SSSR count). The summed E-state index contributed by atoms with van der Waals surface area (Å²) in [5.74, 6) is 0.587. The van der Waals surface area contributed by atoms with Crippen molar-refractivity contribution in [1.82, 2.24) is 0 Å². The highest BCUT2D eigenvalue weighted by atomic mass is 79.9. The van der Waals surface area contributed by atoms with Crippen LogP contribution in [-0.2, 0) is 0 Å². The van der Waals surface area contributed by atoms with Crippen LogP contribution in [0.15, 0.2) is 22.5 Å². The van der Waals surface area contributed by atoms with Gasteiger partial charge in [0.15, 0.2) is 0 Å². The summed E-state index contributed by atoms with van der Waals surface area (Å²) in [5, 5.41) is 0. The Morgan fingerprint density at radius 2 is 2.10 bits per heavy atom. The van der Waals surface area contributed by atoms with Gasteiger partial charge >= 0.3 is 0 Å². The maximum atomic E-state index is 12.7. The van der Waals surface area contributed by atoms with Gasteiger partial charge in [-0.1, -0.05) is 35.9 Å². The number of halogens is 2. The third-order valence-electron chi connectivity index (χ3n) is 1.96. The highest BCUT2D eigenvalue weighted by Gasteiger charge is 2.19. The summed E-state index contributed by atoms with van der Waals surface area (Å²) in [6, 6.07) is 0. The second-order valence-corrected chi connectivity index (χ2v) is 3.56. The standard InChI is InChI=1S/C8H10BrF/c1-5-3-4-7(10)8(9)6(5)2/h3-6H,1-2H3. The molecular formula is C8H10BrF. The molecule has 1 aliphatic rings. The lowest BCUT2D eigenvalue weighted by molar-refractivity contribution is 0.513. The predicted molar refractivity (Wildman–Crippen MR) is 44.5 cm³/mol. The normalized spacial score (nSPS) is 33.2. The van der Waals surface area contributed by atoms with Gasteiger partial charge in [-0.25, -0.2) is 4.39 Å². The topological polar surface area (TPSA) is 0 Å². The molecule has 1 aliphatic carbocycles. The molecule has 0 aliphatic heterocycles. The quantitative estimate of drug-likeness (QED) is 0.568. The van der Waals surface area contributed by atoms with E-state index in [2.05, 4.69) is 22.9 Å². The van der Waals surface area contributed by atoms with Crippen molar-refractivity contribution in [3.8, 4) is 0 Å². The summed E-state index contributed by atoms with van der Waals surface area (Å²) >= 11 is 3.21. The van der Waals surface area contributed by atoms with Crippen molar-refractivity contribution >= 4 is 15.9 Å². The summed E-state index contributed by atoms with van der Waals surface area (Å²) in [5.41, 5.74) is 0. The van der Waals surface area contributed by atoms with Gasteiger partial charge in [-0.2, -0.15) is 0 Å². The first-order chi connectivity index (χ1) is 4.63. The van der Waals surface area contributed by atoms with Crippen LogP contribution < -0.4 is 0 Å². The van der Waals surface area contributed by atoms with Gasteiger partial charge in [0, 0.05) is 4.48 Å². The number of hydrogen-bond acceptors (Lipinski definition) is 0. The van der Waals surface area contributed by atoms with Crippen LogP contribution in [0.5, 0.6) is 0 Å². The van der Waals surface area contributed by atoms with Crippen LogP contribution in [0.2, 0.25) is 0 Å². The Balaban J connectivity index is 2.88. The molecule has 0 aromatic rings. The fourth-order valence-corrected chi connectivity index (χ4v) is 1.48. The van der Waals surface area contributed by atoms with Crippen LogP contribution in [0.1, 0.15) is 13.8 Å². The first-order valence-electron chi connectivity index (χ1n) is 3.36. The highest BCUT2D eigenvalue weighted by molar-refractivity contribution is 9.11. The average Bonchev–Trinajstić information content (AvgIpc) is 1.93. The third-order valence-corrected chi connectivity index (χ3v) is 3.06. The van der Waals surface area contributed by atoms with E-state index in [1.165, 1.54) is 6.08 Å². The number of hydrogen-bond donors (Lipinski definition) is 0. The first kappa shape index (κ1) is 7.99. The van der Waals surface area contributed by atoms with Gasteiger partial charge in [-0.05, 0) is 17.9 Å². The molecule has 10 heavy (non-hydrogen) atoms. The zero-order valence-corrected chi connectivity index (χ0v) is 7.65. The molecule has 0 saturated carbocycles. The van der Waals surface area contributed by atoms with Crippen molar-refractivity contribution in [2.24, 2.45) is 11.8 Å². The molecule has 0 heterocycles. The lowest BCUT2D eigenvalue weighted by Gasteiger charge is -2.19. The largest absolute Gasteiger partial charge is 0.206 e. The third kappa shape index (κ3) is 1.31. The Bertz CT molecular complexity index is 193. The van der Waals surface area contributed by atoms with Gasteiger partial charge < -0.3 is 0 Å². The molecule has 0 nitrogen and oxygen atoms in total. The summed E-state index contributed by atoms with van der Waals surface area (Å²) < 4.78 is 13.4. The van der Waals surface area contributed by atoms with Crippen molar-refractivity contribution in [1.29, 1.82) is 0 Å². The van der Waals surface area contributed by atoms with Crippen molar-refractivity contribution in [2.45, 2.75) is 13.8 Å². The van der Waals surface area contributed by atoms with Gasteiger partial charge in [-0.15, -0.1) is 0 Å². The minimum Gasteiger partial charge on any atom is -0.206 e. The van der Waals surface area contributed by atoms with Crippen molar-refractivity contribution in [3.63, 3.8) is 0 Å². The summed E-state index contributed by atoms with van der Waals surface area (Å²) in [4.78, 5) is 0. The summed E-state index contributed by atoms with van der Waals surface area (Å²) in [7, 11) is 0. The maximum Gasteiger partial charge on any atom is 0.133 e. The van der Waals surface area contributed by atoms with Gasteiger partial charge in [0.05, 0.1) is 0 Å². The Hall–Kier alpha value is -0.110. The minimum atomic E-state index is -0.134. The van der Waals surface area contributed by atoms with Crippen molar-refractivity contribution in [2.75, 3.05) is 0 Å². The van der Waals surface area contributed by atoms with E-state index in [0.717, 1.165) is 0 Å². The van der Waals surface area contributed by atoms with Crippen molar-refractivity contribution in [3.05, 3.63) is 22.5 Å². The van der Waals surface area contributed by atoms with Crippen LogP contribution in [0.3, 0.4) is 0 Å². The van der Waals surface area contributed by atoms with Crippen LogP contribution in [0.25, 0.3) is 0 Å². The molecule has 0 fully saturated rings. The zero-order chi connectivity index (χ0) is 7.72. The van der Waals surface area contributed by atoms with E-state index in [1.54, 1.807) is 0 Å². The van der Waals surface area contributed by atoms with Crippen LogP contribution >= 0.6 is 15.9 Å². The molecule has 0 radical (unpaired) electrons. The second-order valence-electron chi connectivity index (χ2n) is 2.70. The van der Waals surface area contributed by atoms with Crippen LogP contribution in [0.4, 0.5) is 4.39 Å². The molecule has 0 aromatic heterocycles. The molecule has 0 N–H and O–H groups in total. The van der Waals surface area contributed by atoms with Gasteiger partial charge in [0.2, 0.25) is 0 Å². The number of rotatable bonds is 0. The van der Waals surface area contributed by atoms with Gasteiger partial charge in [0.25, 0.3) is 0 Å². The lowest BCUT2D eigenvalue weighted by Crippen LogP contribution is -2.09. The molecule has 2 unspecified atom stereocenters.